The van der Waals surface area contributed by atoms with Crippen LogP contribution in [0.15, 0.2) is 30.3 Å². The molecule has 2 amide bonds. The molecule has 0 aliphatic rings. The van der Waals surface area contributed by atoms with E-state index >= 15 is 0 Å². The Labute approximate surface area is 142 Å². The predicted molar refractivity (Wildman–Crippen MR) is 91.2 cm³/mol. The number of carbonyl (C=O) groups is 3. The number of benzene rings is 1. The van der Waals surface area contributed by atoms with Crippen LogP contribution in [-0.2, 0) is 14.4 Å². The second kappa shape index (κ2) is 7.95. The van der Waals surface area contributed by atoms with Crippen molar-refractivity contribution in [3.63, 3.8) is 0 Å². The first-order valence-electron chi connectivity index (χ1n) is 7.93. The molecule has 0 bridgehead atoms. The summed E-state index contributed by atoms with van der Waals surface area (Å²) in [4.78, 5) is 35.7. The van der Waals surface area contributed by atoms with E-state index in [9.17, 15) is 19.5 Å². The summed E-state index contributed by atoms with van der Waals surface area (Å²) in [7, 11) is 0. The minimum Gasteiger partial charge on any atom is -0.481 e. The van der Waals surface area contributed by atoms with Crippen LogP contribution in [0.25, 0.3) is 0 Å². The summed E-state index contributed by atoms with van der Waals surface area (Å²) in [5.41, 5.74) is 0.0944. The van der Waals surface area contributed by atoms with Crippen molar-refractivity contribution in [3.8, 4) is 0 Å². The molecule has 0 heterocycles. The normalized spacial score (nSPS) is 15.0. The Morgan fingerprint density at radius 2 is 1.54 bits per heavy atom. The molecular formula is C18H26N2O4. The topological polar surface area (TPSA) is 95.5 Å². The molecule has 0 aliphatic heterocycles. The molecule has 6 nitrogen and oxygen atoms in total. The van der Waals surface area contributed by atoms with E-state index in [1.165, 1.54) is 0 Å². The molecule has 1 aromatic carbocycles. The molecule has 1 aromatic rings. The SMILES string of the molecule is C[C@H](NC(=O)C(C)(C)C)C(=O)N[C@H](c1ccccc1)[C@H](C)C(=O)O. The van der Waals surface area contributed by atoms with E-state index < -0.39 is 35.3 Å². The number of hydrogen-bond donors (Lipinski definition) is 3. The van der Waals surface area contributed by atoms with Gasteiger partial charge in [0.25, 0.3) is 0 Å². The second-order valence-electron chi connectivity index (χ2n) is 6.97. The fraction of sp³-hybridized carbons (Fsp3) is 0.500. The van der Waals surface area contributed by atoms with Crippen LogP contribution in [0.2, 0.25) is 0 Å². The van der Waals surface area contributed by atoms with Gasteiger partial charge in [0.2, 0.25) is 11.8 Å². The summed E-state index contributed by atoms with van der Waals surface area (Å²) in [6.07, 6.45) is 0. The zero-order valence-corrected chi connectivity index (χ0v) is 14.8. The van der Waals surface area contributed by atoms with Crippen LogP contribution in [0.4, 0.5) is 0 Å². The molecule has 3 atom stereocenters. The summed E-state index contributed by atoms with van der Waals surface area (Å²) >= 11 is 0. The third-order valence-electron chi connectivity index (χ3n) is 3.77. The average molecular weight is 334 g/mol. The highest BCUT2D eigenvalue weighted by Gasteiger charge is 2.30. The number of hydrogen-bond acceptors (Lipinski definition) is 3. The molecule has 0 saturated heterocycles. The van der Waals surface area contributed by atoms with E-state index in [2.05, 4.69) is 10.6 Å². The largest absolute Gasteiger partial charge is 0.481 e. The number of carboxylic acids is 1. The van der Waals surface area contributed by atoms with Crippen LogP contribution in [0.5, 0.6) is 0 Å². The van der Waals surface area contributed by atoms with E-state index in [4.69, 9.17) is 0 Å². The van der Waals surface area contributed by atoms with Gasteiger partial charge >= 0.3 is 5.97 Å². The lowest BCUT2D eigenvalue weighted by Crippen LogP contribution is -2.50. The van der Waals surface area contributed by atoms with Crippen molar-refractivity contribution in [2.24, 2.45) is 11.3 Å². The van der Waals surface area contributed by atoms with Crippen LogP contribution < -0.4 is 10.6 Å². The number of amides is 2. The third kappa shape index (κ3) is 5.37. The zero-order valence-electron chi connectivity index (χ0n) is 14.8. The molecule has 0 fully saturated rings. The quantitative estimate of drug-likeness (QED) is 0.742. The maximum atomic E-state index is 12.4. The average Bonchev–Trinajstić information content (AvgIpc) is 2.51. The summed E-state index contributed by atoms with van der Waals surface area (Å²) in [5.74, 6) is -2.47. The highest BCUT2D eigenvalue weighted by molar-refractivity contribution is 5.89. The number of carbonyl (C=O) groups excluding carboxylic acids is 2. The lowest BCUT2D eigenvalue weighted by molar-refractivity contribution is -0.142. The van der Waals surface area contributed by atoms with E-state index in [1.807, 2.05) is 6.07 Å². The molecule has 24 heavy (non-hydrogen) atoms. The monoisotopic (exact) mass is 334 g/mol. The molecule has 1 rings (SSSR count). The second-order valence-corrected chi connectivity index (χ2v) is 6.97. The Morgan fingerprint density at radius 1 is 1.00 bits per heavy atom. The van der Waals surface area contributed by atoms with Gasteiger partial charge in [0.05, 0.1) is 12.0 Å². The van der Waals surface area contributed by atoms with Gasteiger partial charge in [0, 0.05) is 5.41 Å². The Morgan fingerprint density at radius 3 is 2.00 bits per heavy atom. The Bertz CT molecular complexity index is 593. The van der Waals surface area contributed by atoms with E-state index in [0.717, 1.165) is 0 Å². The minimum atomic E-state index is -1.00. The van der Waals surface area contributed by atoms with Gasteiger partial charge in [-0.05, 0) is 19.4 Å². The van der Waals surface area contributed by atoms with Gasteiger partial charge in [-0.15, -0.1) is 0 Å². The van der Waals surface area contributed by atoms with Crippen LogP contribution in [0, 0.1) is 11.3 Å². The fourth-order valence-corrected chi connectivity index (χ4v) is 2.06. The fourth-order valence-electron chi connectivity index (χ4n) is 2.06. The Hall–Kier alpha value is -2.37. The minimum absolute atomic E-state index is 0.243. The molecular weight excluding hydrogens is 308 g/mol. The van der Waals surface area contributed by atoms with Crippen LogP contribution in [0.1, 0.15) is 46.2 Å². The van der Waals surface area contributed by atoms with Crippen LogP contribution >= 0.6 is 0 Å². The van der Waals surface area contributed by atoms with Gasteiger partial charge in [-0.3, -0.25) is 14.4 Å². The number of rotatable bonds is 6. The lowest BCUT2D eigenvalue weighted by atomic mass is 9.93. The first kappa shape index (κ1) is 19.7. The van der Waals surface area contributed by atoms with Gasteiger partial charge in [-0.2, -0.15) is 0 Å². The molecule has 132 valence electrons. The highest BCUT2D eigenvalue weighted by Crippen LogP contribution is 2.22. The molecule has 0 unspecified atom stereocenters. The van der Waals surface area contributed by atoms with Gasteiger partial charge in [-0.1, -0.05) is 51.1 Å². The molecule has 0 aromatic heterocycles. The first-order chi connectivity index (χ1) is 11.0. The Kier molecular flexibility index (Phi) is 6.51. The van der Waals surface area contributed by atoms with Crippen molar-refractivity contribution in [3.05, 3.63) is 35.9 Å². The predicted octanol–water partition coefficient (Wildman–Crippen LogP) is 2.12. The van der Waals surface area contributed by atoms with E-state index in [1.54, 1.807) is 58.9 Å². The van der Waals surface area contributed by atoms with Crippen LogP contribution in [0.3, 0.4) is 0 Å². The van der Waals surface area contributed by atoms with E-state index in [0.29, 0.717) is 5.56 Å². The molecule has 6 heteroatoms. The number of nitrogens with one attached hydrogen (secondary N) is 2. The lowest BCUT2D eigenvalue weighted by Gasteiger charge is -2.26. The summed E-state index contributed by atoms with van der Waals surface area (Å²) in [6.45, 7) is 8.38. The van der Waals surface area contributed by atoms with Gasteiger partial charge in [0.15, 0.2) is 0 Å². The Balaban J connectivity index is 2.88. The smallest absolute Gasteiger partial charge is 0.308 e. The summed E-state index contributed by atoms with van der Waals surface area (Å²) in [5, 5.41) is 14.7. The standard InChI is InChI=1S/C18H26N2O4/c1-11(16(22)23)14(13-9-7-6-8-10-13)20-15(21)12(2)19-17(24)18(3,4)5/h6-12,14H,1-5H3,(H,19,24)(H,20,21)(H,22,23)/t11-,12-,14-/m0/s1. The molecule has 0 aliphatic carbocycles. The number of carboxylic acid groups (broad SMARTS) is 1. The first-order valence-corrected chi connectivity index (χ1v) is 7.93. The summed E-state index contributed by atoms with van der Waals surface area (Å²) < 4.78 is 0. The van der Waals surface area contributed by atoms with Crippen molar-refractivity contribution < 1.29 is 19.5 Å². The molecule has 0 spiro atoms. The van der Waals surface area contributed by atoms with E-state index in [-0.39, 0.29) is 5.91 Å². The van der Waals surface area contributed by atoms with Crippen molar-refractivity contribution >= 4 is 17.8 Å². The van der Waals surface area contributed by atoms with Gasteiger partial charge < -0.3 is 15.7 Å². The van der Waals surface area contributed by atoms with Crippen LogP contribution in [-0.4, -0.2) is 28.9 Å². The zero-order chi connectivity index (χ0) is 18.5. The van der Waals surface area contributed by atoms with Crippen molar-refractivity contribution in [2.45, 2.75) is 46.7 Å². The number of aliphatic carboxylic acids is 1. The molecule has 0 saturated carbocycles. The van der Waals surface area contributed by atoms with Gasteiger partial charge in [-0.25, -0.2) is 0 Å². The van der Waals surface area contributed by atoms with Crippen molar-refractivity contribution in [1.82, 2.24) is 10.6 Å². The maximum absolute atomic E-state index is 12.4. The molecule has 0 radical (unpaired) electrons. The van der Waals surface area contributed by atoms with Gasteiger partial charge in [0.1, 0.15) is 6.04 Å². The third-order valence-corrected chi connectivity index (χ3v) is 3.77. The van der Waals surface area contributed by atoms with Crippen molar-refractivity contribution in [2.75, 3.05) is 0 Å². The highest BCUT2D eigenvalue weighted by atomic mass is 16.4. The molecule has 3 N–H and O–H groups in total. The van der Waals surface area contributed by atoms with Crippen molar-refractivity contribution in [1.29, 1.82) is 0 Å². The maximum Gasteiger partial charge on any atom is 0.308 e. The summed E-state index contributed by atoms with van der Waals surface area (Å²) in [6, 6.07) is 7.49.